The second-order valence-electron chi connectivity index (χ2n) is 2.50. The number of Topliss-reactive ketones (excluding diaryl/α,β-unsaturated/α-hetero) is 1. The van der Waals surface area contributed by atoms with Gasteiger partial charge in [0.25, 0.3) is 6.47 Å². The molecule has 5 heteroatoms. The fraction of sp³-hybridized carbons (Fsp3) is 0.100. The molecule has 0 heterocycles. The quantitative estimate of drug-likeness (QED) is 0.578. The SMILES string of the molecule is CC(=O)c1cccc(NC=O)c1.O=CO. The summed E-state index contributed by atoms with van der Waals surface area (Å²) in [4.78, 5) is 29.3. The molecule has 5 nitrogen and oxygen atoms in total. The zero-order chi connectivity index (χ0) is 11.7. The van der Waals surface area contributed by atoms with Gasteiger partial charge in [0.05, 0.1) is 0 Å². The third-order valence-electron chi connectivity index (χ3n) is 1.49. The predicted octanol–water partition coefficient (Wildman–Crippen LogP) is 1.16. The van der Waals surface area contributed by atoms with Crippen LogP contribution in [0.1, 0.15) is 17.3 Å². The highest BCUT2D eigenvalue weighted by Crippen LogP contribution is 2.09. The topological polar surface area (TPSA) is 83.5 Å². The van der Waals surface area contributed by atoms with Gasteiger partial charge in [0.1, 0.15) is 0 Å². The van der Waals surface area contributed by atoms with Crippen molar-refractivity contribution in [2.75, 3.05) is 5.32 Å². The van der Waals surface area contributed by atoms with E-state index in [4.69, 9.17) is 9.90 Å². The zero-order valence-corrected chi connectivity index (χ0v) is 8.14. The van der Waals surface area contributed by atoms with Crippen molar-refractivity contribution < 1.29 is 19.5 Å². The first kappa shape index (κ1) is 12.8. The molecular weight excluding hydrogens is 198 g/mol. The van der Waals surface area contributed by atoms with Crippen LogP contribution in [0.4, 0.5) is 5.69 Å². The summed E-state index contributed by atoms with van der Waals surface area (Å²) in [5.41, 5.74) is 1.24. The lowest BCUT2D eigenvalue weighted by Crippen LogP contribution is -1.96. The molecule has 0 saturated heterocycles. The molecule has 0 fully saturated rings. The van der Waals surface area contributed by atoms with Crippen LogP contribution < -0.4 is 5.32 Å². The summed E-state index contributed by atoms with van der Waals surface area (Å²) in [6.07, 6.45) is 0.583. The van der Waals surface area contributed by atoms with Gasteiger partial charge in [-0.25, -0.2) is 0 Å². The second kappa shape index (κ2) is 7.25. The number of benzene rings is 1. The largest absolute Gasteiger partial charge is 0.483 e. The fourth-order valence-electron chi connectivity index (χ4n) is 0.896. The summed E-state index contributed by atoms with van der Waals surface area (Å²) in [6, 6.07) is 6.79. The molecule has 0 spiro atoms. The number of carboxylic acid groups (broad SMARTS) is 1. The smallest absolute Gasteiger partial charge is 0.290 e. The van der Waals surface area contributed by atoms with E-state index >= 15 is 0 Å². The van der Waals surface area contributed by atoms with E-state index in [1.54, 1.807) is 24.3 Å². The van der Waals surface area contributed by atoms with Crippen LogP contribution >= 0.6 is 0 Å². The Balaban J connectivity index is 0.000000583. The second-order valence-corrected chi connectivity index (χ2v) is 2.50. The van der Waals surface area contributed by atoms with Crippen LogP contribution in [-0.2, 0) is 9.59 Å². The molecule has 0 aliphatic heterocycles. The third kappa shape index (κ3) is 5.20. The number of carbonyl (C=O) groups excluding carboxylic acids is 2. The van der Waals surface area contributed by atoms with E-state index in [-0.39, 0.29) is 12.3 Å². The van der Waals surface area contributed by atoms with Gasteiger partial charge in [-0.1, -0.05) is 12.1 Å². The average molecular weight is 209 g/mol. The lowest BCUT2D eigenvalue weighted by atomic mass is 10.1. The highest BCUT2D eigenvalue weighted by molar-refractivity contribution is 5.95. The predicted molar refractivity (Wildman–Crippen MR) is 54.8 cm³/mol. The van der Waals surface area contributed by atoms with Crippen LogP contribution in [0.15, 0.2) is 24.3 Å². The molecule has 0 radical (unpaired) electrons. The Morgan fingerprint density at radius 3 is 2.47 bits per heavy atom. The van der Waals surface area contributed by atoms with E-state index in [9.17, 15) is 9.59 Å². The Hall–Kier alpha value is -2.17. The van der Waals surface area contributed by atoms with Crippen molar-refractivity contribution in [3.63, 3.8) is 0 Å². The van der Waals surface area contributed by atoms with E-state index in [1.165, 1.54) is 6.92 Å². The summed E-state index contributed by atoms with van der Waals surface area (Å²) >= 11 is 0. The maximum Gasteiger partial charge on any atom is 0.290 e. The van der Waals surface area contributed by atoms with Crippen molar-refractivity contribution in [3.05, 3.63) is 29.8 Å². The molecule has 0 saturated carbocycles. The summed E-state index contributed by atoms with van der Waals surface area (Å²) in [6.45, 7) is 1.24. The average Bonchev–Trinajstić information content (AvgIpc) is 2.20. The highest BCUT2D eigenvalue weighted by atomic mass is 16.3. The lowest BCUT2D eigenvalue weighted by Gasteiger charge is -1.99. The molecule has 0 atom stereocenters. The normalized spacial score (nSPS) is 8.07. The van der Waals surface area contributed by atoms with Crippen LogP contribution in [0.25, 0.3) is 0 Å². The molecule has 1 aromatic rings. The Morgan fingerprint density at radius 2 is 2.00 bits per heavy atom. The van der Waals surface area contributed by atoms with Gasteiger partial charge in [0, 0.05) is 11.3 Å². The fourth-order valence-corrected chi connectivity index (χ4v) is 0.896. The number of ketones is 1. The number of rotatable bonds is 3. The highest BCUT2D eigenvalue weighted by Gasteiger charge is 1.98. The first-order valence-electron chi connectivity index (χ1n) is 4.04. The molecule has 15 heavy (non-hydrogen) atoms. The summed E-state index contributed by atoms with van der Waals surface area (Å²) in [5, 5.41) is 9.36. The number of nitrogens with one attached hydrogen (secondary N) is 1. The van der Waals surface area contributed by atoms with Gasteiger partial charge in [-0.3, -0.25) is 14.4 Å². The van der Waals surface area contributed by atoms with Crippen molar-refractivity contribution in [2.45, 2.75) is 6.92 Å². The van der Waals surface area contributed by atoms with Gasteiger partial charge >= 0.3 is 0 Å². The minimum atomic E-state index is -0.250. The van der Waals surface area contributed by atoms with Crippen molar-refractivity contribution in [1.29, 1.82) is 0 Å². The molecular formula is C10H11NO4. The van der Waals surface area contributed by atoms with E-state index < -0.39 is 0 Å². The number of anilines is 1. The van der Waals surface area contributed by atoms with Crippen molar-refractivity contribution in [2.24, 2.45) is 0 Å². The molecule has 1 aromatic carbocycles. The van der Waals surface area contributed by atoms with Gasteiger partial charge in [-0.05, 0) is 19.1 Å². The molecule has 1 rings (SSSR count). The number of carbonyl (C=O) groups is 3. The molecule has 0 aliphatic carbocycles. The van der Waals surface area contributed by atoms with E-state index in [0.29, 0.717) is 17.7 Å². The molecule has 0 aliphatic rings. The van der Waals surface area contributed by atoms with Gasteiger partial charge in [-0.15, -0.1) is 0 Å². The molecule has 0 unspecified atom stereocenters. The molecule has 80 valence electrons. The van der Waals surface area contributed by atoms with Gasteiger partial charge < -0.3 is 10.4 Å². The van der Waals surface area contributed by atoms with Crippen molar-refractivity contribution >= 4 is 24.4 Å². The van der Waals surface area contributed by atoms with Crippen LogP contribution in [0.5, 0.6) is 0 Å². The van der Waals surface area contributed by atoms with Gasteiger partial charge in [0.2, 0.25) is 6.41 Å². The number of amides is 1. The molecule has 0 bridgehead atoms. The Morgan fingerprint density at radius 1 is 1.40 bits per heavy atom. The first-order chi connectivity index (χ1) is 7.15. The molecule has 2 N–H and O–H groups in total. The van der Waals surface area contributed by atoms with Crippen molar-refractivity contribution in [3.8, 4) is 0 Å². The van der Waals surface area contributed by atoms with E-state index in [0.717, 1.165) is 0 Å². The van der Waals surface area contributed by atoms with Crippen LogP contribution in [0, 0.1) is 0 Å². The maximum atomic E-state index is 10.9. The van der Waals surface area contributed by atoms with Crippen LogP contribution in [0.2, 0.25) is 0 Å². The van der Waals surface area contributed by atoms with Gasteiger partial charge in [0.15, 0.2) is 5.78 Å². The van der Waals surface area contributed by atoms with E-state index in [2.05, 4.69) is 5.32 Å². The molecule has 1 amide bonds. The minimum Gasteiger partial charge on any atom is -0.483 e. The molecule has 0 aromatic heterocycles. The summed E-state index contributed by atoms with van der Waals surface area (Å²) in [5.74, 6) is -0.00968. The Kier molecular flexibility index (Phi) is 6.20. The van der Waals surface area contributed by atoms with Gasteiger partial charge in [-0.2, -0.15) is 0 Å². The minimum absolute atomic E-state index is 0.00968. The third-order valence-corrected chi connectivity index (χ3v) is 1.49. The summed E-state index contributed by atoms with van der Waals surface area (Å²) < 4.78 is 0. The van der Waals surface area contributed by atoms with Crippen molar-refractivity contribution in [1.82, 2.24) is 0 Å². The number of hydrogen-bond acceptors (Lipinski definition) is 3. The maximum absolute atomic E-state index is 10.9. The van der Waals surface area contributed by atoms with Crippen LogP contribution in [0.3, 0.4) is 0 Å². The Bertz CT molecular complexity index is 349. The van der Waals surface area contributed by atoms with E-state index in [1.807, 2.05) is 0 Å². The zero-order valence-electron chi connectivity index (χ0n) is 8.14. The standard InChI is InChI=1S/C9H9NO2.CH2O2/c1-7(12)8-3-2-4-9(5-8)10-6-11;2-1-3/h2-6H,1H3,(H,10,11);1H,(H,2,3). The Labute approximate surface area is 86.7 Å². The monoisotopic (exact) mass is 209 g/mol. The summed E-state index contributed by atoms with van der Waals surface area (Å²) in [7, 11) is 0. The van der Waals surface area contributed by atoms with Crippen LogP contribution in [-0.4, -0.2) is 23.8 Å². The number of hydrogen-bond donors (Lipinski definition) is 2. The first-order valence-corrected chi connectivity index (χ1v) is 4.04. The lowest BCUT2D eigenvalue weighted by molar-refractivity contribution is -0.122.